The Bertz CT molecular complexity index is 348. The number of carbonyl (C=O) groups excluding carboxylic acids is 1. The Morgan fingerprint density at radius 2 is 1.81 bits per heavy atom. The zero-order valence-corrected chi connectivity index (χ0v) is 9.63. The van der Waals surface area contributed by atoms with Gasteiger partial charge in [-0.05, 0) is 12.5 Å². The van der Waals surface area contributed by atoms with E-state index in [1.165, 1.54) is 12.1 Å². The summed E-state index contributed by atoms with van der Waals surface area (Å²) < 4.78 is 29.8. The van der Waals surface area contributed by atoms with Crippen molar-refractivity contribution in [2.24, 2.45) is 0 Å². The molecule has 0 bridgehead atoms. The highest BCUT2D eigenvalue weighted by atomic mass is 35.5. The molecule has 1 rings (SSSR count). The van der Waals surface area contributed by atoms with Gasteiger partial charge in [0.2, 0.25) is 5.54 Å². The van der Waals surface area contributed by atoms with Crippen LogP contribution in [0.3, 0.4) is 0 Å². The summed E-state index contributed by atoms with van der Waals surface area (Å²) >= 11 is 0. The van der Waals surface area contributed by atoms with Crippen LogP contribution in [-0.4, -0.2) is 18.4 Å². The molecule has 0 radical (unpaired) electrons. The fraction of sp³-hybridized carbons (Fsp3) is 0.300. The fourth-order valence-corrected chi connectivity index (χ4v) is 1.25. The Morgan fingerprint density at radius 1 is 1.31 bits per heavy atom. The zero-order valence-electron chi connectivity index (χ0n) is 8.81. The minimum absolute atomic E-state index is 0. The Morgan fingerprint density at radius 3 is 2.19 bits per heavy atom. The van der Waals surface area contributed by atoms with E-state index in [0.29, 0.717) is 0 Å². The number of halogens is 3. The number of ether oxygens (including phenoxy) is 1. The first-order valence-electron chi connectivity index (χ1n) is 4.29. The van der Waals surface area contributed by atoms with Crippen LogP contribution in [0.1, 0.15) is 12.5 Å². The van der Waals surface area contributed by atoms with Gasteiger partial charge >= 0.3 is 5.97 Å². The topological polar surface area (TPSA) is 29.5 Å². The number of methoxy groups -OCH3 is 1. The van der Waals surface area contributed by atoms with E-state index in [2.05, 4.69) is 4.74 Å². The van der Waals surface area contributed by atoms with Crippen molar-refractivity contribution in [2.75, 3.05) is 7.11 Å². The number of hydrogen-bond donors (Lipinski definition) is 0. The smallest absolute Gasteiger partial charge is 0.336 e. The van der Waals surface area contributed by atoms with Crippen molar-refractivity contribution in [3.05, 3.63) is 35.9 Å². The SMILES string of the molecule is COC(=O)[C@](C)(c1ccccc1)N(F)F.Cl. The first-order valence-corrected chi connectivity index (χ1v) is 4.29. The molecular weight excluding hydrogens is 240 g/mol. The van der Waals surface area contributed by atoms with Crippen LogP contribution in [-0.2, 0) is 15.1 Å². The third kappa shape index (κ3) is 2.48. The van der Waals surface area contributed by atoms with Gasteiger partial charge in [-0.2, -0.15) is 0 Å². The Kier molecular flexibility index (Phi) is 5.33. The van der Waals surface area contributed by atoms with Crippen LogP contribution in [0.2, 0.25) is 0 Å². The Labute approximate surface area is 98.3 Å². The molecule has 0 N–H and O–H groups in total. The summed E-state index contributed by atoms with van der Waals surface area (Å²) in [6.45, 7) is 1.11. The molecule has 0 saturated heterocycles. The van der Waals surface area contributed by atoms with Crippen molar-refractivity contribution >= 4 is 18.4 Å². The summed E-state index contributed by atoms with van der Waals surface area (Å²) in [6, 6.07) is 7.74. The molecule has 6 heteroatoms. The van der Waals surface area contributed by atoms with Crippen LogP contribution >= 0.6 is 12.4 Å². The minimum Gasteiger partial charge on any atom is -0.467 e. The first-order chi connectivity index (χ1) is 7.03. The monoisotopic (exact) mass is 251 g/mol. The van der Waals surface area contributed by atoms with Gasteiger partial charge in [0.1, 0.15) is 0 Å². The summed E-state index contributed by atoms with van der Waals surface area (Å²) in [5.41, 5.74) is -1.88. The quantitative estimate of drug-likeness (QED) is 0.611. The maximum atomic E-state index is 12.7. The summed E-state index contributed by atoms with van der Waals surface area (Å²) in [5, 5.41) is -1.14. The first kappa shape index (κ1) is 14.8. The zero-order chi connectivity index (χ0) is 11.5. The number of benzene rings is 1. The van der Waals surface area contributed by atoms with E-state index in [1.807, 2.05) is 0 Å². The molecule has 0 unspecified atom stereocenters. The van der Waals surface area contributed by atoms with E-state index in [4.69, 9.17) is 0 Å². The predicted molar refractivity (Wildman–Crippen MR) is 57.1 cm³/mol. The normalized spacial score (nSPS) is 13.8. The molecule has 1 aromatic carbocycles. The van der Waals surface area contributed by atoms with Gasteiger partial charge in [-0.3, -0.25) is 0 Å². The number of hydrogen-bond acceptors (Lipinski definition) is 3. The fourth-order valence-electron chi connectivity index (χ4n) is 1.25. The number of rotatable bonds is 3. The molecule has 0 aliphatic heterocycles. The van der Waals surface area contributed by atoms with Gasteiger partial charge < -0.3 is 4.74 Å². The van der Waals surface area contributed by atoms with Crippen molar-refractivity contribution in [3.63, 3.8) is 0 Å². The van der Waals surface area contributed by atoms with Crippen molar-refractivity contribution in [1.82, 2.24) is 5.34 Å². The lowest BCUT2D eigenvalue weighted by molar-refractivity contribution is -0.238. The molecule has 0 fully saturated rings. The highest BCUT2D eigenvalue weighted by Crippen LogP contribution is 2.30. The molecule has 1 atom stereocenters. The summed E-state index contributed by atoms with van der Waals surface area (Å²) in [4.78, 5) is 11.3. The molecule has 0 aromatic heterocycles. The van der Waals surface area contributed by atoms with E-state index >= 15 is 0 Å². The van der Waals surface area contributed by atoms with Gasteiger partial charge in [0.05, 0.1) is 7.11 Å². The van der Waals surface area contributed by atoms with Crippen molar-refractivity contribution < 1.29 is 18.5 Å². The summed E-state index contributed by atoms with van der Waals surface area (Å²) in [6.07, 6.45) is 0. The van der Waals surface area contributed by atoms with Gasteiger partial charge in [-0.1, -0.05) is 39.3 Å². The van der Waals surface area contributed by atoms with Crippen LogP contribution < -0.4 is 0 Å². The van der Waals surface area contributed by atoms with Gasteiger partial charge in [-0.25, -0.2) is 4.79 Å². The predicted octanol–water partition coefficient (Wildman–Crippen LogP) is 2.57. The van der Waals surface area contributed by atoms with Crippen LogP contribution in [0.5, 0.6) is 0 Å². The van der Waals surface area contributed by atoms with E-state index in [9.17, 15) is 13.8 Å². The lowest BCUT2D eigenvalue weighted by Gasteiger charge is -2.26. The van der Waals surface area contributed by atoms with Gasteiger partial charge in [0.25, 0.3) is 0 Å². The Hall–Kier alpha value is -1.20. The Balaban J connectivity index is 0.00000225. The molecular formula is C10H12ClF2NO2. The summed E-state index contributed by atoms with van der Waals surface area (Å²) in [7, 11) is 1.08. The number of esters is 1. The largest absolute Gasteiger partial charge is 0.467 e. The van der Waals surface area contributed by atoms with Crippen LogP contribution in [0, 0.1) is 0 Å². The maximum absolute atomic E-state index is 12.7. The van der Waals surface area contributed by atoms with Crippen LogP contribution in [0.15, 0.2) is 30.3 Å². The van der Waals surface area contributed by atoms with Gasteiger partial charge in [0.15, 0.2) is 0 Å². The van der Waals surface area contributed by atoms with Crippen LogP contribution in [0.25, 0.3) is 0 Å². The second kappa shape index (κ2) is 5.77. The minimum atomic E-state index is -2.06. The second-order valence-electron chi connectivity index (χ2n) is 3.16. The van der Waals surface area contributed by atoms with E-state index in [-0.39, 0.29) is 18.0 Å². The number of carbonyl (C=O) groups is 1. The molecule has 0 aliphatic rings. The molecule has 0 aliphatic carbocycles. The molecule has 0 spiro atoms. The van der Waals surface area contributed by atoms with E-state index in [1.54, 1.807) is 18.2 Å². The maximum Gasteiger partial charge on any atom is 0.336 e. The summed E-state index contributed by atoms with van der Waals surface area (Å²) in [5.74, 6) is -1.00. The van der Waals surface area contributed by atoms with Gasteiger partial charge in [0, 0.05) is 5.34 Å². The molecule has 3 nitrogen and oxygen atoms in total. The highest BCUT2D eigenvalue weighted by molar-refractivity contribution is 5.85. The molecule has 0 amide bonds. The van der Waals surface area contributed by atoms with Gasteiger partial charge in [-0.15, -0.1) is 12.4 Å². The molecule has 0 heterocycles. The third-order valence-electron chi connectivity index (χ3n) is 2.26. The van der Waals surface area contributed by atoms with Crippen molar-refractivity contribution in [1.29, 1.82) is 0 Å². The van der Waals surface area contributed by atoms with Crippen LogP contribution in [0.4, 0.5) is 8.96 Å². The lowest BCUT2D eigenvalue weighted by atomic mass is 9.93. The number of nitrogens with zero attached hydrogens (tertiary/aromatic N) is 1. The second-order valence-corrected chi connectivity index (χ2v) is 3.16. The van der Waals surface area contributed by atoms with Crippen molar-refractivity contribution in [2.45, 2.75) is 12.5 Å². The van der Waals surface area contributed by atoms with E-state index in [0.717, 1.165) is 14.0 Å². The molecule has 1 aromatic rings. The third-order valence-corrected chi connectivity index (χ3v) is 2.26. The highest BCUT2D eigenvalue weighted by Gasteiger charge is 2.44. The van der Waals surface area contributed by atoms with E-state index < -0.39 is 16.9 Å². The average molecular weight is 252 g/mol. The average Bonchev–Trinajstić information content (AvgIpc) is 2.27. The molecule has 90 valence electrons. The molecule has 0 saturated carbocycles. The standard InChI is InChI=1S/C10H11F2NO2.ClH/c1-10(13(11)12,9(14)15-2)8-6-4-3-5-7-8;/h3-7H,1-2H3;1H/t10-;/m0./s1. The van der Waals surface area contributed by atoms with Crippen molar-refractivity contribution in [3.8, 4) is 0 Å². The molecule has 16 heavy (non-hydrogen) atoms. The lowest BCUT2D eigenvalue weighted by Crippen LogP contribution is -2.42.